The van der Waals surface area contributed by atoms with Gasteiger partial charge in [-0.05, 0) is 39.0 Å². The molecule has 3 aromatic rings. The summed E-state index contributed by atoms with van der Waals surface area (Å²) in [6.07, 6.45) is 0. The molecule has 0 aliphatic carbocycles. The summed E-state index contributed by atoms with van der Waals surface area (Å²) in [5, 5.41) is 7.90. The Kier molecular flexibility index (Phi) is 3.71. The van der Waals surface area contributed by atoms with Crippen LogP contribution in [0.3, 0.4) is 0 Å². The van der Waals surface area contributed by atoms with E-state index in [1.165, 1.54) is 0 Å². The Morgan fingerprint density at radius 1 is 1.23 bits per heavy atom. The highest BCUT2D eigenvalue weighted by Gasteiger charge is 2.14. The SMILES string of the molecule is CCN(CC)c1cccc2cc(-c3cc(C)[nH]n3)c(=O)oc12. The molecule has 0 bridgehead atoms. The molecule has 1 N–H and O–H groups in total. The first-order valence-electron chi connectivity index (χ1n) is 7.48. The van der Waals surface area contributed by atoms with Gasteiger partial charge >= 0.3 is 5.63 Å². The third-order valence-corrected chi connectivity index (χ3v) is 3.83. The zero-order valence-electron chi connectivity index (χ0n) is 13.0. The van der Waals surface area contributed by atoms with Crippen LogP contribution >= 0.6 is 0 Å². The molecule has 2 heterocycles. The number of aromatic amines is 1. The summed E-state index contributed by atoms with van der Waals surface area (Å²) in [4.78, 5) is 14.5. The van der Waals surface area contributed by atoms with Crippen molar-refractivity contribution in [1.82, 2.24) is 10.2 Å². The molecule has 0 amide bonds. The number of para-hydroxylation sites is 1. The molecule has 1 aromatic carbocycles. The van der Waals surface area contributed by atoms with Crippen molar-refractivity contribution >= 4 is 16.7 Å². The second kappa shape index (κ2) is 5.67. The molecule has 0 saturated heterocycles. The van der Waals surface area contributed by atoms with E-state index in [9.17, 15) is 4.79 Å². The smallest absolute Gasteiger partial charge is 0.345 e. The van der Waals surface area contributed by atoms with Crippen LogP contribution in [0.5, 0.6) is 0 Å². The van der Waals surface area contributed by atoms with Gasteiger partial charge in [-0.15, -0.1) is 0 Å². The quantitative estimate of drug-likeness (QED) is 0.750. The van der Waals surface area contributed by atoms with Crippen molar-refractivity contribution in [3.05, 3.63) is 46.4 Å². The van der Waals surface area contributed by atoms with E-state index in [1.807, 2.05) is 37.3 Å². The van der Waals surface area contributed by atoms with Crippen LogP contribution in [-0.2, 0) is 0 Å². The lowest BCUT2D eigenvalue weighted by atomic mass is 10.1. The van der Waals surface area contributed by atoms with E-state index in [1.54, 1.807) is 0 Å². The number of hydrogen-bond donors (Lipinski definition) is 1. The highest BCUT2D eigenvalue weighted by molar-refractivity contribution is 5.91. The Morgan fingerprint density at radius 3 is 2.64 bits per heavy atom. The summed E-state index contributed by atoms with van der Waals surface area (Å²) in [5.41, 5.74) is 3.22. The van der Waals surface area contributed by atoms with Crippen molar-refractivity contribution in [3.8, 4) is 11.3 Å². The van der Waals surface area contributed by atoms with Gasteiger partial charge in [0.1, 0.15) is 0 Å². The number of nitrogens with zero attached hydrogens (tertiary/aromatic N) is 2. The summed E-state index contributed by atoms with van der Waals surface area (Å²) in [5.74, 6) is 0. The van der Waals surface area contributed by atoms with Crippen molar-refractivity contribution in [2.24, 2.45) is 0 Å². The molecule has 0 aliphatic heterocycles. The third kappa shape index (κ3) is 2.39. The number of anilines is 1. The van der Waals surface area contributed by atoms with Crippen molar-refractivity contribution in [1.29, 1.82) is 0 Å². The first-order valence-corrected chi connectivity index (χ1v) is 7.48. The highest BCUT2D eigenvalue weighted by Crippen LogP contribution is 2.28. The zero-order chi connectivity index (χ0) is 15.7. The predicted octanol–water partition coefficient (Wildman–Crippen LogP) is 3.34. The second-order valence-corrected chi connectivity index (χ2v) is 5.25. The number of H-pyrrole nitrogens is 1. The average molecular weight is 297 g/mol. The minimum absolute atomic E-state index is 0.362. The second-order valence-electron chi connectivity index (χ2n) is 5.25. The number of fused-ring (bicyclic) bond motifs is 1. The van der Waals surface area contributed by atoms with Crippen LogP contribution < -0.4 is 10.5 Å². The average Bonchev–Trinajstić information content (AvgIpc) is 2.94. The van der Waals surface area contributed by atoms with Crippen molar-refractivity contribution < 1.29 is 4.42 Å². The number of aromatic nitrogens is 2. The Balaban J connectivity index is 2.22. The van der Waals surface area contributed by atoms with Gasteiger partial charge in [-0.25, -0.2) is 4.79 Å². The van der Waals surface area contributed by atoms with Crippen LogP contribution in [0.15, 0.2) is 39.5 Å². The van der Waals surface area contributed by atoms with Crippen LogP contribution in [0.2, 0.25) is 0 Å². The first kappa shape index (κ1) is 14.4. The molecule has 0 spiro atoms. The van der Waals surface area contributed by atoms with E-state index in [4.69, 9.17) is 4.42 Å². The van der Waals surface area contributed by atoms with E-state index >= 15 is 0 Å². The van der Waals surface area contributed by atoms with Crippen molar-refractivity contribution in [2.45, 2.75) is 20.8 Å². The maximum Gasteiger partial charge on any atom is 0.345 e. The molecule has 2 aromatic heterocycles. The maximum atomic E-state index is 12.4. The Bertz CT molecular complexity index is 860. The lowest BCUT2D eigenvalue weighted by Gasteiger charge is -2.21. The van der Waals surface area contributed by atoms with Gasteiger partial charge in [0.25, 0.3) is 0 Å². The summed E-state index contributed by atoms with van der Waals surface area (Å²) in [7, 11) is 0. The normalized spacial score (nSPS) is 11.0. The fourth-order valence-corrected chi connectivity index (χ4v) is 2.68. The number of benzene rings is 1. The number of rotatable bonds is 4. The Hall–Kier alpha value is -2.56. The number of nitrogens with one attached hydrogen (secondary N) is 1. The molecule has 22 heavy (non-hydrogen) atoms. The fraction of sp³-hybridized carbons (Fsp3) is 0.294. The standard InChI is InChI=1S/C17H19N3O2/c1-4-20(5-2)15-8-6-7-12-10-13(17(21)22-16(12)15)14-9-11(3)18-19-14/h6-10H,4-5H2,1-3H3,(H,18,19). The topological polar surface area (TPSA) is 62.1 Å². The van der Waals surface area contributed by atoms with E-state index in [2.05, 4.69) is 28.9 Å². The lowest BCUT2D eigenvalue weighted by Crippen LogP contribution is -2.22. The van der Waals surface area contributed by atoms with Gasteiger partial charge in [0, 0.05) is 24.2 Å². The highest BCUT2D eigenvalue weighted by atomic mass is 16.4. The Labute approximate surface area is 128 Å². The van der Waals surface area contributed by atoms with Crippen LogP contribution in [0.4, 0.5) is 5.69 Å². The molecule has 0 radical (unpaired) electrons. The number of hydrogen-bond acceptors (Lipinski definition) is 4. The number of aryl methyl sites for hydroxylation is 1. The molecule has 0 aliphatic rings. The predicted molar refractivity (Wildman–Crippen MR) is 88.4 cm³/mol. The van der Waals surface area contributed by atoms with Gasteiger partial charge in [-0.3, -0.25) is 5.10 Å². The molecule has 0 unspecified atom stereocenters. The monoisotopic (exact) mass is 297 g/mol. The molecule has 114 valence electrons. The molecular weight excluding hydrogens is 278 g/mol. The molecule has 5 heteroatoms. The molecule has 3 rings (SSSR count). The van der Waals surface area contributed by atoms with E-state index < -0.39 is 0 Å². The minimum atomic E-state index is -0.362. The molecule has 0 fully saturated rings. The van der Waals surface area contributed by atoms with Crippen LogP contribution in [0.1, 0.15) is 19.5 Å². The zero-order valence-corrected chi connectivity index (χ0v) is 13.0. The van der Waals surface area contributed by atoms with Crippen LogP contribution in [-0.4, -0.2) is 23.3 Å². The molecule has 0 saturated carbocycles. The van der Waals surface area contributed by atoms with E-state index in [-0.39, 0.29) is 5.63 Å². The summed E-state index contributed by atoms with van der Waals surface area (Å²) in [6.45, 7) is 7.79. The lowest BCUT2D eigenvalue weighted by molar-refractivity contribution is 0.562. The van der Waals surface area contributed by atoms with Crippen molar-refractivity contribution in [2.75, 3.05) is 18.0 Å². The minimum Gasteiger partial charge on any atom is -0.420 e. The molecule has 5 nitrogen and oxygen atoms in total. The Morgan fingerprint density at radius 2 is 2.00 bits per heavy atom. The van der Waals surface area contributed by atoms with Crippen LogP contribution in [0, 0.1) is 6.92 Å². The molecular formula is C17H19N3O2. The van der Waals surface area contributed by atoms with Gasteiger partial charge in [-0.1, -0.05) is 12.1 Å². The van der Waals surface area contributed by atoms with Crippen LogP contribution in [0.25, 0.3) is 22.2 Å². The van der Waals surface area contributed by atoms with Gasteiger partial charge in [0.05, 0.1) is 16.9 Å². The first-order chi connectivity index (χ1) is 10.6. The largest absolute Gasteiger partial charge is 0.420 e. The third-order valence-electron chi connectivity index (χ3n) is 3.83. The maximum absolute atomic E-state index is 12.4. The van der Waals surface area contributed by atoms with Crippen molar-refractivity contribution in [3.63, 3.8) is 0 Å². The van der Waals surface area contributed by atoms with E-state index in [0.717, 1.165) is 29.9 Å². The van der Waals surface area contributed by atoms with Gasteiger partial charge in [-0.2, -0.15) is 5.10 Å². The van der Waals surface area contributed by atoms with Gasteiger partial charge < -0.3 is 9.32 Å². The van der Waals surface area contributed by atoms with Gasteiger partial charge in [0.15, 0.2) is 5.58 Å². The van der Waals surface area contributed by atoms with E-state index in [0.29, 0.717) is 16.8 Å². The summed E-state index contributed by atoms with van der Waals surface area (Å²) < 4.78 is 5.62. The van der Waals surface area contributed by atoms with Gasteiger partial charge in [0.2, 0.25) is 0 Å². The summed E-state index contributed by atoms with van der Waals surface area (Å²) in [6, 6.07) is 9.61. The summed E-state index contributed by atoms with van der Waals surface area (Å²) >= 11 is 0. The molecule has 0 atom stereocenters. The fourth-order valence-electron chi connectivity index (χ4n) is 2.68.